The summed E-state index contributed by atoms with van der Waals surface area (Å²) in [6, 6.07) is 14.7. The minimum absolute atomic E-state index is 0.0919. The van der Waals surface area contributed by atoms with Crippen molar-refractivity contribution in [3.05, 3.63) is 95.2 Å². The van der Waals surface area contributed by atoms with Crippen LogP contribution in [0.5, 0.6) is 5.75 Å². The molecule has 2 aliphatic rings. The van der Waals surface area contributed by atoms with Gasteiger partial charge in [0.1, 0.15) is 18.0 Å². The largest absolute Gasteiger partial charge is 0.481 e. The number of nitrogens with zero attached hydrogens (tertiary/aromatic N) is 2. The third-order valence-corrected chi connectivity index (χ3v) is 7.05. The van der Waals surface area contributed by atoms with Gasteiger partial charge in [0.15, 0.2) is 0 Å². The van der Waals surface area contributed by atoms with Crippen molar-refractivity contribution < 1.29 is 23.4 Å². The van der Waals surface area contributed by atoms with Gasteiger partial charge in [-0.25, -0.2) is 0 Å². The molecule has 2 N–H and O–H groups in total. The van der Waals surface area contributed by atoms with E-state index < -0.39 is 29.5 Å². The second-order valence-corrected chi connectivity index (χ2v) is 9.96. The van der Waals surface area contributed by atoms with E-state index in [0.29, 0.717) is 27.6 Å². The molecule has 0 bridgehead atoms. The van der Waals surface area contributed by atoms with Gasteiger partial charge < -0.3 is 20.1 Å². The molecule has 38 heavy (non-hydrogen) atoms. The first kappa shape index (κ1) is 26.3. The molecule has 1 fully saturated rings. The highest BCUT2D eigenvalue weighted by molar-refractivity contribution is 6.32. The summed E-state index contributed by atoms with van der Waals surface area (Å²) >= 11 is 6.35. The number of ether oxygens (including phenoxy) is 1. The Balaban J connectivity index is 1.33. The van der Waals surface area contributed by atoms with Gasteiger partial charge >= 0.3 is 5.92 Å². The number of pyridine rings is 1. The van der Waals surface area contributed by atoms with Crippen molar-refractivity contribution in [2.24, 2.45) is 0 Å². The number of rotatable bonds is 10. The van der Waals surface area contributed by atoms with Crippen LogP contribution < -0.4 is 10.1 Å². The number of hydrogen-bond acceptors (Lipinski definition) is 5. The zero-order valence-corrected chi connectivity index (χ0v) is 21.3. The van der Waals surface area contributed by atoms with E-state index in [1.165, 1.54) is 24.3 Å². The average Bonchev–Trinajstić information content (AvgIpc) is 3.61. The molecule has 5 rings (SSSR count). The molecule has 0 spiro atoms. The maximum absolute atomic E-state index is 15.3. The fourth-order valence-corrected chi connectivity index (χ4v) is 4.77. The van der Waals surface area contributed by atoms with Crippen LogP contribution in [-0.2, 0) is 10.7 Å². The molecule has 2 atom stereocenters. The van der Waals surface area contributed by atoms with E-state index in [9.17, 15) is 9.90 Å². The Bertz CT molecular complexity index is 1290. The SMILES string of the molecule is O=C(N[C@H](CN1CCCC1)[C@H](O)c1ccc(OC2C=C2)c(Cl)c1)C(F)(F)c1ccc(-c2ccccn2)cc1. The maximum atomic E-state index is 15.3. The Labute approximate surface area is 224 Å². The van der Waals surface area contributed by atoms with Crippen LogP contribution in [0.25, 0.3) is 11.3 Å². The predicted octanol–water partition coefficient (Wildman–Crippen LogP) is 5.13. The van der Waals surface area contributed by atoms with Crippen LogP contribution in [0.3, 0.4) is 0 Å². The number of aliphatic hydroxyl groups is 1. The van der Waals surface area contributed by atoms with Crippen molar-refractivity contribution in [2.75, 3.05) is 19.6 Å². The molecule has 1 aromatic heterocycles. The quantitative estimate of drug-likeness (QED) is 0.350. The van der Waals surface area contributed by atoms with Crippen LogP contribution in [0.15, 0.2) is 79.0 Å². The molecule has 0 radical (unpaired) electrons. The van der Waals surface area contributed by atoms with Crippen molar-refractivity contribution in [3.63, 3.8) is 0 Å². The summed E-state index contributed by atoms with van der Waals surface area (Å²) in [4.78, 5) is 19.2. The number of carbonyl (C=O) groups is 1. The zero-order chi connectivity index (χ0) is 26.7. The maximum Gasteiger partial charge on any atom is 0.349 e. The van der Waals surface area contributed by atoms with Crippen molar-refractivity contribution in [1.29, 1.82) is 0 Å². The van der Waals surface area contributed by atoms with Gasteiger partial charge in [-0.3, -0.25) is 9.78 Å². The van der Waals surface area contributed by atoms with E-state index in [1.807, 2.05) is 23.1 Å². The van der Waals surface area contributed by atoms with Crippen molar-refractivity contribution in [2.45, 2.75) is 37.0 Å². The number of amides is 1. The highest BCUT2D eigenvalue weighted by Crippen LogP contribution is 2.33. The van der Waals surface area contributed by atoms with Crippen LogP contribution in [-0.4, -0.2) is 52.7 Å². The first-order valence-corrected chi connectivity index (χ1v) is 12.9. The minimum atomic E-state index is -3.81. The summed E-state index contributed by atoms with van der Waals surface area (Å²) in [5.41, 5.74) is 1.26. The van der Waals surface area contributed by atoms with Gasteiger partial charge in [0.25, 0.3) is 5.91 Å². The standard InChI is InChI=1S/C29H28ClF2N3O3/c30-23-17-20(8-13-26(23)38-22-11-12-22)27(36)25(18-35-15-3-4-16-35)34-28(37)29(31,32)21-9-6-19(7-10-21)24-5-1-2-14-33-24/h1-2,5-14,17,22,25,27,36H,3-4,15-16,18H2,(H,34,37)/t25-,27-/m1/s1. The first-order chi connectivity index (χ1) is 18.3. The van der Waals surface area contributed by atoms with Gasteiger partial charge in [-0.2, -0.15) is 8.78 Å². The number of benzene rings is 2. The lowest BCUT2D eigenvalue weighted by molar-refractivity contribution is -0.149. The Hall–Kier alpha value is -3.33. The number of hydrogen-bond donors (Lipinski definition) is 2. The molecule has 1 aliphatic heterocycles. The summed E-state index contributed by atoms with van der Waals surface area (Å²) < 4.78 is 36.3. The minimum Gasteiger partial charge on any atom is -0.481 e. The van der Waals surface area contributed by atoms with Gasteiger partial charge in [0.05, 0.1) is 16.8 Å². The third-order valence-electron chi connectivity index (χ3n) is 6.75. The van der Waals surface area contributed by atoms with Crippen molar-refractivity contribution >= 4 is 17.5 Å². The number of likely N-dealkylation sites (tertiary alicyclic amines) is 1. The molecule has 2 heterocycles. The van der Waals surface area contributed by atoms with Crippen LogP contribution >= 0.6 is 11.6 Å². The summed E-state index contributed by atoms with van der Waals surface area (Å²) in [7, 11) is 0. The lowest BCUT2D eigenvalue weighted by atomic mass is 9.99. The number of halogens is 3. The smallest absolute Gasteiger partial charge is 0.349 e. The van der Waals surface area contributed by atoms with E-state index in [1.54, 1.807) is 36.5 Å². The molecule has 198 valence electrons. The number of nitrogens with one attached hydrogen (secondary N) is 1. The van der Waals surface area contributed by atoms with E-state index in [-0.39, 0.29) is 12.6 Å². The van der Waals surface area contributed by atoms with Gasteiger partial charge in [-0.15, -0.1) is 0 Å². The first-order valence-electron chi connectivity index (χ1n) is 12.6. The van der Waals surface area contributed by atoms with E-state index in [4.69, 9.17) is 16.3 Å². The lowest BCUT2D eigenvalue weighted by Crippen LogP contribution is -2.50. The van der Waals surface area contributed by atoms with Crippen LogP contribution in [0, 0.1) is 0 Å². The fraction of sp³-hybridized carbons (Fsp3) is 0.310. The number of aliphatic hydroxyl groups excluding tert-OH is 1. The normalized spacial score (nSPS) is 17.3. The molecule has 9 heteroatoms. The number of carbonyl (C=O) groups excluding carboxylic acids is 1. The van der Waals surface area contributed by atoms with Crippen molar-refractivity contribution in [3.8, 4) is 17.0 Å². The molecule has 0 unspecified atom stereocenters. The summed E-state index contributed by atoms with van der Waals surface area (Å²) in [5.74, 6) is -4.83. The summed E-state index contributed by atoms with van der Waals surface area (Å²) in [6.45, 7) is 1.77. The van der Waals surface area contributed by atoms with Gasteiger partial charge in [0.2, 0.25) is 0 Å². The third kappa shape index (κ3) is 6.04. The topological polar surface area (TPSA) is 74.7 Å². The lowest BCUT2D eigenvalue weighted by Gasteiger charge is -2.30. The molecular formula is C29H28ClF2N3O3. The second-order valence-electron chi connectivity index (χ2n) is 9.56. The summed E-state index contributed by atoms with van der Waals surface area (Å²) in [6.07, 6.45) is 5.96. The molecule has 0 saturated carbocycles. The molecule has 6 nitrogen and oxygen atoms in total. The number of alkyl halides is 2. The highest BCUT2D eigenvalue weighted by atomic mass is 35.5. The molecule has 1 amide bonds. The predicted molar refractivity (Wildman–Crippen MR) is 141 cm³/mol. The Morgan fingerprint density at radius 1 is 1.13 bits per heavy atom. The highest BCUT2D eigenvalue weighted by Gasteiger charge is 2.43. The Morgan fingerprint density at radius 2 is 1.87 bits per heavy atom. The van der Waals surface area contributed by atoms with Crippen molar-refractivity contribution in [1.82, 2.24) is 15.2 Å². The monoisotopic (exact) mass is 539 g/mol. The van der Waals surface area contributed by atoms with Crippen LogP contribution in [0.4, 0.5) is 8.78 Å². The molecule has 1 aliphatic carbocycles. The molecule has 1 saturated heterocycles. The van der Waals surface area contributed by atoms with E-state index in [0.717, 1.165) is 25.9 Å². The zero-order valence-electron chi connectivity index (χ0n) is 20.6. The fourth-order valence-electron chi connectivity index (χ4n) is 4.54. The Morgan fingerprint density at radius 3 is 2.50 bits per heavy atom. The van der Waals surface area contributed by atoms with E-state index in [2.05, 4.69) is 10.3 Å². The molecule has 3 aromatic rings. The van der Waals surface area contributed by atoms with E-state index >= 15 is 8.78 Å². The van der Waals surface area contributed by atoms with Gasteiger partial charge in [-0.05, 0) is 67.9 Å². The summed E-state index contributed by atoms with van der Waals surface area (Å²) in [5, 5.41) is 13.9. The van der Waals surface area contributed by atoms with Gasteiger partial charge in [-0.1, -0.05) is 48.0 Å². The average molecular weight is 540 g/mol. The van der Waals surface area contributed by atoms with Gasteiger partial charge in [0, 0.05) is 23.9 Å². The van der Waals surface area contributed by atoms with Crippen LogP contribution in [0.2, 0.25) is 5.02 Å². The molecular weight excluding hydrogens is 512 g/mol. The second kappa shape index (κ2) is 11.2. The van der Waals surface area contributed by atoms with Crippen LogP contribution in [0.1, 0.15) is 30.1 Å². The number of aromatic nitrogens is 1. The molecule has 2 aromatic carbocycles. The Kier molecular flexibility index (Phi) is 7.74.